The molecule has 3 aliphatic rings. The van der Waals surface area contributed by atoms with Gasteiger partial charge in [-0.25, -0.2) is 4.79 Å². The lowest BCUT2D eigenvalue weighted by atomic mass is 9.42. The Morgan fingerprint density at radius 1 is 1.23 bits per heavy atom. The highest BCUT2D eigenvalue weighted by atomic mass is 16.6. The first-order valence-corrected chi connectivity index (χ1v) is 11.4. The molecule has 0 radical (unpaired) electrons. The Labute approximate surface area is 183 Å². The SMILES string of the molecule is BC(B)(O)C(B)(B)OC(=O)N1CCC2(CC(N3CCC(c4ccnn4C)CC3)C2)C1. The molecule has 1 N–H and O–H groups in total. The maximum Gasteiger partial charge on any atom is 0.408 e. The van der Waals surface area contributed by atoms with Gasteiger partial charge in [0.05, 0.1) is 5.40 Å². The van der Waals surface area contributed by atoms with Gasteiger partial charge in [-0.15, -0.1) is 0 Å². The molecule has 1 spiro atoms. The average molecular weight is 410 g/mol. The highest BCUT2D eigenvalue weighted by Crippen LogP contribution is 2.51. The summed E-state index contributed by atoms with van der Waals surface area (Å²) >= 11 is 0. The zero-order valence-corrected chi connectivity index (χ0v) is 19.2. The summed E-state index contributed by atoms with van der Waals surface area (Å²) in [5.41, 5.74) is 1.63. The first kappa shape index (κ1) is 21.9. The van der Waals surface area contributed by atoms with Crippen LogP contribution in [0.4, 0.5) is 4.79 Å². The molecule has 0 atom stereocenters. The van der Waals surface area contributed by atoms with E-state index in [4.69, 9.17) is 4.74 Å². The average Bonchev–Trinajstić information content (AvgIpc) is 3.26. The van der Waals surface area contributed by atoms with Gasteiger partial charge >= 0.3 is 6.09 Å². The number of ether oxygens (including phenoxy) is 1. The van der Waals surface area contributed by atoms with E-state index in [1.807, 2.05) is 22.8 Å². The van der Waals surface area contributed by atoms with Gasteiger partial charge in [-0.2, -0.15) is 5.10 Å². The molecule has 3 fully saturated rings. The lowest BCUT2D eigenvalue weighted by Gasteiger charge is -2.51. The van der Waals surface area contributed by atoms with Gasteiger partial charge in [0.1, 0.15) is 31.4 Å². The van der Waals surface area contributed by atoms with Crippen LogP contribution in [0, 0.1) is 5.41 Å². The third-order valence-electron chi connectivity index (χ3n) is 8.17. The topological polar surface area (TPSA) is 70.8 Å². The zero-order valence-electron chi connectivity index (χ0n) is 19.2. The van der Waals surface area contributed by atoms with Gasteiger partial charge < -0.3 is 19.6 Å². The monoisotopic (exact) mass is 410 g/mol. The molecule has 2 saturated heterocycles. The van der Waals surface area contributed by atoms with E-state index in [0.717, 1.165) is 32.6 Å². The van der Waals surface area contributed by atoms with Gasteiger partial charge in [0.25, 0.3) is 0 Å². The quantitative estimate of drug-likeness (QED) is 0.553. The Morgan fingerprint density at radius 3 is 2.47 bits per heavy atom. The molecular formula is C19H34B4N4O3. The Morgan fingerprint density at radius 2 is 1.90 bits per heavy atom. The molecule has 1 aromatic heterocycles. The van der Waals surface area contributed by atoms with Gasteiger partial charge in [-0.05, 0) is 56.7 Å². The fraction of sp³-hybridized carbons (Fsp3) is 0.789. The summed E-state index contributed by atoms with van der Waals surface area (Å²) in [6.07, 6.45) is 7.44. The van der Waals surface area contributed by atoms with Crippen molar-refractivity contribution in [2.24, 2.45) is 12.5 Å². The summed E-state index contributed by atoms with van der Waals surface area (Å²) in [6, 6.07) is 2.81. The predicted octanol–water partition coefficient (Wildman–Crippen LogP) is -2.58. The number of piperidine rings is 1. The van der Waals surface area contributed by atoms with E-state index in [1.165, 1.54) is 31.4 Å². The van der Waals surface area contributed by atoms with E-state index in [1.54, 1.807) is 31.4 Å². The van der Waals surface area contributed by atoms with Crippen molar-refractivity contribution in [1.29, 1.82) is 0 Å². The van der Waals surface area contributed by atoms with Crippen LogP contribution in [0.3, 0.4) is 0 Å². The number of carbonyl (C=O) groups excluding carboxylic acids is 1. The van der Waals surface area contributed by atoms with Crippen molar-refractivity contribution in [2.45, 2.75) is 54.9 Å². The third kappa shape index (κ3) is 4.07. The Balaban J connectivity index is 1.25. The van der Waals surface area contributed by atoms with Crippen LogP contribution in [0.15, 0.2) is 12.3 Å². The van der Waals surface area contributed by atoms with Gasteiger partial charge in [0.15, 0.2) is 0 Å². The molecule has 1 aromatic rings. The summed E-state index contributed by atoms with van der Waals surface area (Å²) in [7, 11) is 8.94. The molecule has 0 unspecified atom stereocenters. The number of amides is 1. The van der Waals surface area contributed by atoms with E-state index in [2.05, 4.69) is 16.1 Å². The Kier molecular flexibility index (Phi) is 5.59. The number of aryl methyl sites for hydroxylation is 1. The van der Waals surface area contributed by atoms with E-state index in [0.29, 0.717) is 12.0 Å². The van der Waals surface area contributed by atoms with Crippen LogP contribution in [0.25, 0.3) is 0 Å². The van der Waals surface area contributed by atoms with E-state index in [-0.39, 0.29) is 11.5 Å². The normalized spacial score (nSPS) is 28.6. The minimum atomic E-state index is -1.08. The second-order valence-electron chi connectivity index (χ2n) is 10.9. The van der Waals surface area contributed by atoms with Crippen LogP contribution in [0.5, 0.6) is 0 Å². The van der Waals surface area contributed by atoms with Crippen molar-refractivity contribution in [1.82, 2.24) is 19.6 Å². The lowest BCUT2D eigenvalue weighted by molar-refractivity contribution is -0.0102. The van der Waals surface area contributed by atoms with Crippen molar-refractivity contribution in [2.75, 3.05) is 26.2 Å². The molecule has 0 bridgehead atoms. The van der Waals surface area contributed by atoms with Crippen molar-refractivity contribution in [3.8, 4) is 0 Å². The zero-order chi connectivity index (χ0) is 21.7. The van der Waals surface area contributed by atoms with Crippen LogP contribution in [0.1, 0.15) is 43.7 Å². The molecule has 3 heterocycles. The minimum Gasteiger partial charge on any atom is -0.460 e. The smallest absolute Gasteiger partial charge is 0.408 e. The van der Waals surface area contributed by atoms with Gasteiger partial charge in [0, 0.05) is 49.4 Å². The first-order valence-electron chi connectivity index (χ1n) is 11.4. The second kappa shape index (κ2) is 7.66. The number of carbonyl (C=O) groups is 1. The number of rotatable bonds is 4. The van der Waals surface area contributed by atoms with Crippen LogP contribution in [0.2, 0.25) is 0 Å². The standard InChI is InChI=1S/C19H34B4N4O3/c1-25-15(2-6-24-25)13-3-7-26(8-4-13)14-10-17(11-14)5-9-27(12-17)16(28)30-19(22,23)18(20,21)29/h2,6,13-14,29H,3-5,7-12,20-23H2,1H3. The fourth-order valence-electron chi connectivity index (χ4n) is 5.37. The molecule has 160 valence electrons. The summed E-state index contributed by atoms with van der Waals surface area (Å²) in [4.78, 5) is 17.2. The van der Waals surface area contributed by atoms with Crippen molar-refractivity contribution in [3.05, 3.63) is 18.0 Å². The van der Waals surface area contributed by atoms with Crippen molar-refractivity contribution >= 4 is 37.5 Å². The summed E-state index contributed by atoms with van der Waals surface area (Å²) in [5, 5.41) is 12.6. The maximum atomic E-state index is 12.7. The lowest BCUT2D eigenvalue weighted by Crippen LogP contribution is -2.60. The highest BCUT2D eigenvalue weighted by molar-refractivity contribution is 6.53. The highest BCUT2D eigenvalue weighted by Gasteiger charge is 2.52. The fourth-order valence-corrected chi connectivity index (χ4v) is 5.37. The van der Waals surface area contributed by atoms with Crippen molar-refractivity contribution < 1.29 is 14.6 Å². The molecule has 1 amide bonds. The second-order valence-corrected chi connectivity index (χ2v) is 10.9. The molecule has 30 heavy (non-hydrogen) atoms. The number of likely N-dealkylation sites (tertiary alicyclic amines) is 2. The number of hydrogen-bond donors (Lipinski definition) is 1. The van der Waals surface area contributed by atoms with Gasteiger partial charge in [-0.3, -0.25) is 4.68 Å². The molecule has 7 nitrogen and oxygen atoms in total. The summed E-state index contributed by atoms with van der Waals surface area (Å²) < 4.78 is 7.69. The molecule has 1 aliphatic carbocycles. The Bertz CT molecular complexity index is 783. The summed E-state index contributed by atoms with van der Waals surface area (Å²) in [6.45, 7) is 3.86. The number of aromatic nitrogens is 2. The minimum absolute atomic E-state index is 0.265. The molecule has 4 rings (SSSR count). The predicted molar refractivity (Wildman–Crippen MR) is 127 cm³/mol. The van der Waals surface area contributed by atoms with Crippen LogP contribution in [-0.4, -0.2) is 105 Å². The van der Waals surface area contributed by atoms with E-state index in [9.17, 15) is 9.90 Å². The molecule has 0 aromatic carbocycles. The molecule has 11 heteroatoms. The maximum absolute atomic E-state index is 12.7. The number of nitrogens with zero attached hydrogens (tertiary/aromatic N) is 4. The largest absolute Gasteiger partial charge is 0.460 e. The Hall–Kier alpha value is -1.34. The number of aliphatic hydroxyl groups is 1. The van der Waals surface area contributed by atoms with E-state index < -0.39 is 10.8 Å². The van der Waals surface area contributed by atoms with Gasteiger partial charge in [0.2, 0.25) is 0 Å². The van der Waals surface area contributed by atoms with Crippen LogP contribution < -0.4 is 0 Å². The van der Waals surface area contributed by atoms with Crippen LogP contribution in [-0.2, 0) is 11.8 Å². The van der Waals surface area contributed by atoms with E-state index >= 15 is 0 Å². The van der Waals surface area contributed by atoms with Crippen molar-refractivity contribution in [3.63, 3.8) is 0 Å². The van der Waals surface area contributed by atoms with Gasteiger partial charge in [-0.1, -0.05) is 0 Å². The third-order valence-corrected chi connectivity index (χ3v) is 8.17. The number of hydrogen-bond acceptors (Lipinski definition) is 5. The molecule has 1 saturated carbocycles. The first-order chi connectivity index (χ1) is 14.0. The molecular weight excluding hydrogens is 375 g/mol. The summed E-state index contributed by atoms with van der Waals surface area (Å²) in [5.74, 6) is 0.624. The van der Waals surface area contributed by atoms with Crippen LogP contribution >= 0.6 is 0 Å². The molecule has 2 aliphatic heterocycles.